The molecule has 1 rings (SSSR count). The normalized spacial score (nSPS) is 10.4. The fourth-order valence-electron chi connectivity index (χ4n) is 0.767. The number of carbonyl (C=O) groups is 1. The second kappa shape index (κ2) is 4.61. The number of rotatable bonds is 4. The van der Waals surface area contributed by atoms with Crippen LogP contribution in [0.3, 0.4) is 0 Å². The number of aromatic nitrogens is 2. The Bertz CT molecular complexity index is 256. The zero-order valence-electron chi connectivity index (χ0n) is 7.78. The lowest BCUT2D eigenvalue weighted by molar-refractivity contribution is 0.0482. The van der Waals surface area contributed by atoms with Crippen LogP contribution in [0.5, 0.6) is 0 Å². The Morgan fingerprint density at radius 1 is 1.69 bits per heavy atom. The number of carbonyl (C=O) groups excluding carboxylic acids is 1. The van der Waals surface area contributed by atoms with Gasteiger partial charge in [-0.05, 0) is 14.1 Å². The molecule has 0 aliphatic rings. The molecule has 0 atom stereocenters. The predicted molar refractivity (Wildman–Crippen MR) is 47.4 cm³/mol. The fourth-order valence-corrected chi connectivity index (χ4v) is 0.767. The van der Waals surface area contributed by atoms with Gasteiger partial charge in [-0.1, -0.05) is 0 Å². The smallest absolute Gasteiger partial charge is 0.341 e. The van der Waals surface area contributed by atoms with Gasteiger partial charge >= 0.3 is 5.97 Å². The van der Waals surface area contributed by atoms with Gasteiger partial charge in [0.1, 0.15) is 6.61 Å². The summed E-state index contributed by atoms with van der Waals surface area (Å²) in [6.45, 7) is 1.13. The summed E-state index contributed by atoms with van der Waals surface area (Å²) < 4.78 is 4.96. The molecule has 0 spiro atoms. The molecule has 1 N–H and O–H groups in total. The Morgan fingerprint density at radius 2 is 2.46 bits per heavy atom. The molecule has 0 unspecified atom stereocenters. The van der Waals surface area contributed by atoms with Crippen molar-refractivity contribution in [3.63, 3.8) is 0 Å². The molecule has 0 saturated heterocycles. The molecule has 72 valence electrons. The summed E-state index contributed by atoms with van der Waals surface area (Å²) in [6.07, 6.45) is 2.95. The third-order valence-corrected chi connectivity index (χ3v) is 1.51. The van der Waals surface area contributed by atoms with Crippen molar-refractivity contribution < 1.29 is 9.53 Å². The van der Waals surface area contributed by atoms with Crippen molar-refractivity contribution in [3.05, 3.63) is 18.0 Å². The molecule has 0 bridgehead atoms. The molecule has 0 saturated carbocycles. The van der Waals surface area contributed by atoms with Crippen molar-refractivity contribution in [3.8, 4) is 0 Å². The summed E-state index contributed by atoms with van der Waals surface area (Å²) in [5, 5.41) is 6.20. The predicted octanol–water partition coefficient (Wildman–Crippen LogP) is 0.128. The molecule has 5 nitrogen and oxygen atoms in total. The van der Waals surface area contributed by atoms with Crippen LogP contribution in [0.4, 0.5) is 0 Å². The van der Waals surface area contributed by atoms with E-state index in [1.807, 2.05) is 19.0 Å². The Morgan fingerprint density at radius 3 is 3.00 bits per heavy atom. The number of esters is 1. The maximum Gasteiger partial charge on any atom is 0.341 e. The van der Waals surface area contributed by atoms with Gasteiger partial charge in [0.15, 0.2) is 0 Å². The van der Waals surface area contributed by atoms with Crippen LogP contribution in [-0.2, 0) is 4.74 Å². The SMILES string of the molecule is CN(C)CCOC(=O)c1cn[nH]c1. The average Bonchev–Trinajstić information content (AvgIpc) is 2.55. The topological polar surface area (TPSA) is 58.2 Å². The average molecular weight is 183 g/mol. The lowest BCUT2D eigenvalue weighted by atomic mass is 10.4. The van der Waals surface area contributed by atoms with Gasteiger partial charge in [0, 0.05) is 12.7 Å². The van der Waals surface area contributed by atoms with Gasteiger partial charge < -0.3 is 9.64 Å². The van der Waals surface area contributed by atoms with Gasteiger partial charge in [-0.2, -0.15) is 5.10 Å². The molecule has 0 radical (unpaired) electrons. The number of H-pyrrole nitrogens is 1. The third-order valence-electron chi connectivity index (χ3n) is 1.51. The van der Waals surface area contributed by atoms with E-state index in [2.05, 4.69) is 10.2 Å². The summed E-state index contributed by atoms with van der Waals surface area (Å²) in [4.78, 5) is 13.1. The van der Waals surface area contributed by atoms with Crippen molar-refractivity contribution in [2.24, 2.45) is 0 Å². The zero-order valence-corrected chi connectivity index (χ0v) is 7.78. The minimum Gasteiger partial charge on any atom is -0.461 e. The first-order valence-corrected chi connectivity index (χ1v) is 4.01. The van der Waals surface area contributed by atoms with Gasteiger partial charge in [0.05, 0.1) is 11.8 Å². The number of hydrogen-bond donors (Lipinski definition) is 1. The largest absolute Gasteiger partial charge is 0.461 e. The minimum absolute atomic E-state index is 0.337. The van der Waals surface area contributed by atoms with Crippen LogP contribution >= 0.6 is 0 Å². The van der Waals surface area contributed by atoms with Crippen molar-refractivity contribution >= 4 is 5.97 Å². The van der Waals surface area contributed by atoms with Crippen LogP contribution in [0.15, 0.2) is 12.4 Å². The van der Waals surface area contributed by atoms with E-state index in [1.54, 1.807) is 0 Å². The summed E-state index contributed by atoms with van der Waals surface area (Å²) in [5.41, 5.74) is 0.457. The van der Waals surface area contributed by atoms with Gasteiger partial charge in [0.25, 0.3) is 0 Å². The van der Waals surface area contributed by atoms with Gasteiger partial charge in [0.2, 0.25) is 0 Å². The molecule has 5 heteroatoms. The van der Waals surface area contributed by atoms with Crippen LogP contribution < -0.4 is 0 Å². The first kappa shape index (κ1) is 9.73. The van der Waals surface area contributed by atoms with E-state index in [-0.39, 0.29) is 5.97 Å². The highest BCUT2D eigenvalue weighted by Gasteiger charge is 2.06. The van der Waals surface area contributed by atoms with Gasteiger partial charge in [-0.25, -0.2) is 4.79 Å². The van der Waals surface area contributed by atoms with Crippen LogP contribution in [0.25, 0.3) is 0 Å². The fraction of sp³-hybridized carbons (Fsp3) is 0.500. The maximum absolute atomic E-state index is 11.2. The Labute approximate surface area is 76.7 Å². The molecular weight excluding hydrogens is 170 g/mol. The summed E-state index contributed by atoms with van der Waals surface area (Å²) >= 11 is 0. The van der Waals surface area contributed by atoms with E-state index < -0.39 is 0 Å². The number of ether oxygens (including phenoxy) is 1. The van der Waals surface area contributed by atoms with Crippen molar-refractivity contribution in [1.29, 1.82) is 0 Å². The maximum atomic E-state index is 11.2. The quantitative estimate of drug-likeness (QED) is 0.674. The molecule has 0 aliphatic heterocycles. The molecule has 0 amide bonds. The highest BCUT2D eigenvalue weighted by Crippen LogP contribution is 1.96. The van der Waals surface area contributed by atoms with Crippen molar-refractivity contribution in [1.82, 2.24) is 15.1 Å². The number of nitrogens with zero attached hydrogens (tertiary/aromatic N) is 2. The van der Waals surface area contributed by atoms with E-state index >= 15 is 0 Å². The van der Waals surface area contributed by atoms with Crippen LogP contribution in [-0.4, -0.2) is 48.3 Å². The van der Waals surface area contributed by atoms with E-state index in [0.717, 1.165) is 6.54 Å². The zero-order chi connectivity index (χ0) is 9.68. The molecular formula is C8H13N3O2. The molecule has 0 aromatic carbocycles. The first-order chi connectivity index (χ1) is 6.20. The second-order valence-corrected chi connectivity index (χ2v) is 2.93. The lowest BCUT2D eigenvalue weighted by Crippen LogP contribution is -2.20. The highest BCUT2D eigenvalue weighted by atomic mass is 16.5. The monoisotopic (exact) mass is 183 g/mol. The third kappa shape index (κ3) is 3.25. The molecule has 0 aliphatic carbocycles. The Kier molecular flexibility index (Phi) is 3.45. The van der Waals surface area contributed by atoms with E-state index in [0.29, 0.717) is 12.2 Å². The lowest BCUT2D eigenvalue weighted by Gasteiger charge is -2.08. The molecule has 1 aromatic rings. The number of hydrogen-bond acceptors (Lipinski definition) is 4. The van der Waals surface area contributed by atoms with E-state index in [9.17, 15) is 4.79 Å². The molecule has 0 fully saturated rings. The highest BCUT2D eigenvalue weighted by molar-refractivity contribution is 5.88. The van der Waals surface area contributed by atoms with E-state index in [1.165, 1.54) is 12.4 Å². The van der Waals surface area contributed by atoms with Gasteiger partial charge in [-0.15, -0.1) is 0 Å². The van der Waals surface area contributed by atoms with E-state index in [4.69, 9.17) is 4.74 Å². The second-order valence-electron chi connectivity index (χ2n) is 2.93. The summed E-state index contributed by atoms with van der Waals surface area (Å²) in [5.74, 6) is -0.337. The summed E-state index contributed by atoms with van der Waals surface area (Å²) in [6, 6.07) is 0. The van der Waals surface area contributed by atoms with Gasteiger partial charge in [-0.3, -0.25) is 5.10 Å². The standard InChI is InChI=1S/C8H13N3O2/c1-11(2)3-4-13-8(12)7-5-9-10-6-7/h5-6H,3-4H2,1-2H3,(H,9,10). The number of nitrogens with one attached hydrogen (secondary N) is 1. The molecule has 1 heterocycles. The van der Waals surface area contributed by atoms with Crippen LogP contribution in [0.2, 0.25) is 0 Å². The van der Waals surface area contributed by atoms with Crippen LogP contribution in [0.1, 0.15) is 10.4 Å². The Balaban J connectivity index is 2.27. The minimum atomic E-state index is -0.337. The summed E-state index contributed by atoms with van der Waals surface area (Å²) in [7, 11) is 3.84. The Hall–Kier alpha value is -1.36. The molecule has 13 heavy (non-hydrogen) atoms. The van der Waals surface area contributed by atoms with Crippen LogP contribution in [0, 0.1) is 0 Å². The number of aromatic amines is 1. The van der Waals surface area contributed by atoms with Crippen molar-refractivity contribution in [2.45, 2.75) is 0 Å². The van der Waals surface area contributed by atoms with Crippen molar-refractivity contribution in [2.75, 3.05) is 27.2 Å². The molecule has 1 aromatic heterocycles. The first-order valence-electron chi connectivity index (χ1n) is 4.01. The number of likely N-dealkylation sites (N-methyl/N-ethyl adjacent to an activating group) is 1.